The summed E-state index contributed by atoms with van der Waals surface area (Å²) in [5.41, 5.74) is 3.32. The molecule has 0 aliphatic rings. The second kappa shape index (κ2) is 4.67. The fourth-order valence-corrected chi connectivity index (χ4v) is 2.77. The van der Waals surface area contributed by atoms with E-state index in [4.69, 9.17) is 0 Å². The molecule has 1 aromatic carbocycles. The summed E-state index contributed by atoms with van der Waals surface area (Å²) < 4.78 is 1.11. The zero-order chi connectivity index (χ0) is 12.4. The van der Waals surface area contributed by atoms with Gasteiger partial charge >= 0.3 is 0 Å². The number of carbonyl (C=O) groups excluding carboxylic acids is 1. The van der Waals surface area contributed by atoms with Gasteiger partial charge in [0.25, 0.3) is 0 Å². The third-order valence-corrected chi connectivity index (χ3v) is 3.30. The van der Waals surface area contributed by atoms with Crippen LogP contribution < -0.4 is 5.32 Å². The highest BCUT2D eigenvalue weighted by Crippen LogP contribution is 2.29. The van der Waals surface area contributed by atoms with E-state index in [1.54, 1.807) is 6.08 Å². The number of fused-ring (bicyclic) bond motifs is 1. The first-order valence-corrected chi connectivity index (χ1v) is 6.23. The first-order chi connectivity index (χ1) is 8.10. The van der Waals surface area contributed by atoms with Crippen molar-refractivity contribution in [2.75, 3.05) is 5.32 Å². The number of amides is 1. The zero-order valence-corrected chi connectivity index (χ0v) is 10.9. The number of thiazole rings is 1. The molecule has 0 unspecified atom stereocenters. The molecule has 3 nitrogen and oxygen atoms in total. The number of hydrogen-bond acceptors (Lipinski definition) is 3. The Kier molecular flexibility index (Phi) is 3.24. The maximum absolute atomic E-state index is 11.4. The van der Waals surface area contributed by atoms with E-state index in [1.807, 2.05) is 13.8 Å². The maximum Gasteiger partial charge on any atom is 0.249 e. The minimum Gasteiger partial charge on any atom is -0.298 e. The minimum absolute atomic E-state index is 0.138. The molecule has 1 heterocycles. The molecule has 1 N–H and O–H groups in total. The molecule has 0 saturated heterocycles. The van der Waals surface area contributed by atoms with Gasteiger partial charge in [0.2, 0.25) is 5.91 Å². The van der Waals surface area contributed by atoms with Crippen LogP contribution in [0.4, 0.5) is 5.13 Å². The van der Waals surface area contributed by atoms with Crippen LogP contribution in [0, 0.1) is 13.8 Å². The van der Waals surface area contributed by atoms with Gasteiger partial charge in [-0.2, -0.15) is 0 Å². The second-order valence-electron chi connectivity index (χ2n) is 3.94. The third kappa shape index (κ3) is 2.53. The van der Waals surface area contributed by atoms with Gasteiger partial charge in [0.15, 0.2) is 5.13 Å². The lowest BCUT2D eigenvalue weighted by Crippen LogP contribution is -2.06. The Bertz CT molecular complexity index is 599. The topological polar surface area (TPSA) is 42.0 Å². The predicted molar refractivity (Wildman–Crippen MR) is 72.5 cm³/mol. The number of rotatable bonds is 2. The van der Waals surface area contributed by atoms with E-state index < -0.39 is 0 Å². The monoisotopic (exact) mass is 246 g/mol. The molecule has 0 spiro atoms. The largest absolute Gasteiger partial charge is 0.298 e. The molecule has 17 heavy (non-hydrogen) atoms. The lowest BCUT2D eigenvalue weighted by molar-refractivity contribution is -0.111. The van der Waals surface area contributed by atoms with Crippen LogP contribution in [0.3, 0.4) is 0 Å². The van der Waals surface area contributed by atoms with E-state index in [1.165, 1.54) is 23.0 Å². The van der Waals surface area contributed by atoms with E-state index in [2.05, 4.69) is 29.4 Å². The van der Waals surface area contributed by atoms with Crippen molar-refractivity contribution >= 4 is 32.6 Å². The summed E-state index contributed by atoms with van der Waals surface area (Å²) in [6.45, 7) is 5.91. The van der Waals surface area contributed by atoms with Crippen LogP contribution in [0.2, 0.25) is 0 Å². The Morgan fingerprint density at radius 2 is 2.18 bits per heavy atom. The Hall–Kier alpha value is -1.68. The molecular formula is C13H14N2OS. The van der Waals surface area contributed by atoms with Crippen LogP contribution in [0.25, 0.3) is 10.2 Å². The van der Waals surface area contributed by atoms with Gasteiger partial charge in [-0.1, -0.05) is 23.5 Å². The summed E-state index contributed by atoms with van der Waals surface area (Å²) in [5, 5.41) is 3.41. The first kappa shape index (κ1) is 11.8. The van der Waals surface area contributed by atoms with Gasteiger partial charge in [-0.15, -0.1) is 0 Å². The van der Waals surface area contributed by atoms with Crippen LogP contribution >= 0.6 is 11.3 Å². The van der Waals surface area contributed by atoms with Gasteiger partial charge in [0, 0.05) is 0 Å². The number of nitrogens with one attached hydrogen (secondary N) is 1. The fraction of sp³-hybridized carbons (Fsp3) is 0.231. The van der Waals surface area contributed by atoms with E-state index in [0.717, 1.165) is 15.8 Å². The van der Waals surface area contributed by atoms with Crippen LogP contribution in [0.1, 0.15) is 18.1 Å². The number of anilines is 1. The number of carbonyl (C=O) groups is 1. The molecule has 2 aromatic rings. The van der Waals surface area contributed by atoms with Crippen molar-refractivity contribution in [3.8, 4) is 0 Å². The van der Waals surface area contributed by atoms with Crippen LogP contribution in [-0.4, -0.2) is 10.9 Å². The number of hydrogen-bond donors (Lipinski definition) is 1. The molecule has 0 radical (unpaired) electrons. The smallest absolute Gasteiger partial charge is 0.249 e. The highest BCUT2D eigenvalue weighted by molar-refractivity contribution is 7.22. The number of benzene rings is 1. The number of allylic oxidation sites excluding steroid dienone is 1. The van der Waals surface area contributed by atoms with Crippen molar-refractivity contribution in [2.24, 2.45) is 0 Å². The van der Waals surface area contributed by atoms with Crippen molar-refractivity contribution in [2.45, 2.75) is 20.8 Å². The van der Waals surface area contributed by atoms with Gasteiger partial charge in [-0.3, -0.25) is 10.1 Å². The van der Waals surface area contributed by atoms with Crippen molar-refractivity contribution in [1.29, 1.82) is 0 Å². The van der Waals surface area contributed by atoms with Crippen molar-refractivity contribution in [3.05, 3.63) is 35.4 Å². The molecule has 1 amide bonds. The average Bonchev–Trinajstić information content (AvgIpc) is 2.60. The summed E-state index contributed by atoms with van der Waals surface area (Å²) in [5.74, 6) is -0.138. The number of aromatic nitrogens is 1. The van der Waals surface area contributed by atoms with Crippen molar-refractivity contribution in [1.82, 2.24) is 4.98 Å². The molecule has 0 aliphatic heterocycles. The highest BCUT2D eigenvalue weighted by Gasteiger charge is 2.08. The number of nitrogens with zero attached hydrogens (tertiary/aromatic N) is 1. The zero-order valence-electron chi connectivity index (χ0n) is 10.1. The van der Waals surface area contributed by atoms with Crippen LogP contribution in [-0.2, 0) is 4.79 Å². The quantitative estimate of drug-likeness (QED) is 0.825. The Labute approximate surface area is 104 Å². The van der Waals surface area contributed by atoms with E-state index in [9.17, 15) is 4.79 Å². The molecule has 0 atom stereocenters. The summed E-state index contributed by atoms with van der Waals surface area (Å²) in [6.07, 6.45) is 3.20. The molecule has 2 rings (SSSR count). The summed E-state index contributed by atoms with van der Waals surface area (Å²) in [6, 6.07) is 4.19. The van der Waals surface area contributed by atoms with Gasteiger partial charge < -0.3 is 0 Å². The van der Waals surface area contributed by atoms with Crippen molar-refractivity contribution in [3.63, 3.8) is 0 Å². The van der Waals surface area contributed by atoms with Gasteiger partial charge in [-0.05, 0) is 44.0 Å². The SMILES string of the molecule is C/C=C/C(=O)Nc1nc2c(C)cc(C)cc2s1. The summed E-state index contributed by atoms with van der Waals surface area (Å²) >= 11 is 1.50. The molecule has 4 heteroatoms. The molecule has 1 aromatic heterocycles. The van der Waals surface area contributed by atoms with Gasteiger partial charge in [0.05, 0.1) is 10.2 Å². The standard InChI is InChI=1S/C13H14N2OS/c1-4-5-11(16)14-13-15-12-9(3)6-8(2)7-10(12)17-13/h4-7H,1-3H3,(H,14,15,16)/b5-4+. The normalized spacial score (nSPS) is 11.2. The molecule has 0 bridgehead atoms. The van der Waals surface area contributed by atoms with Gasteiger partial charge in [0.1, 0.15) is 0 Å². The minimum atomic E-state index is -0.138. The molecular weight excluding hydrogens is 232 g/mol. The van der Waals surface area contributed by atoms with E-state index in [0.29, 0.717) is 5.13 Å². The van der Waals surface area contributed by atoms with Gasteiger partial charge in [-0.25, -0.2) is 4.98 Å². The predicted octanol–water partition coefficient (Wildman–Crippen LogP) is 3.43. The summed E-state index contributed by atoms with van der Waals surface area (Å²) in [7, 11) is 0. The highest BCUT2D eigenvalue weighted by atomic mass is 32.1. The Morgan fingerprint density at radius 3 is 2.88 bits per heavy atom. The van der Waals surface area contributed by atoms with Crippen LogP contribution in [0.5, 0.6) is 0 Å². The van der Waals surface area contributed by atoms with E-state index in [-0.39, 0.29) is 5.91 Å². The lowest BCUT2D eigenvalue weighted by atomic mass is 10.1. The Balaban J connectivity index is 2.38. The molecule has 0 fully saturated rings. The first-order valence-electron chi connectivity index (χ1n) is 5.41. The molecule has 88 valence electrons. The Morgan fingerprint density at radius 1 is 1.41 bits per heavy atom. The van der Waals surface area contributed by atoms with E-state index >= 15 is 0 Å². The third-order valence-electron chi connectivity index (χ3n) is 2.38. The fourth-order valence-electron chi connectivity index (χ4n) is 1.72. The van der Waals surface area contributed by atoms with Crippen molar-refractivity contribution < 1.29 is 4.79 Å². The molecule has 0 saturated carbocycles. The lowest BCUT2D eigenvalue weighted by Gasteiger charge is -1.96. The average molecular weight is 246 g/mol. The maximum atomic E-state index is 11.4. The molecule has 0 aliphatic carbocycles. The van der Waals surface area contributed by atoms with Crippen LogP contribution in [0.15, 0.2) is 24.3 Å². The second-order valence-corrected chi connectivity index (χ2v) is 4.97. The summed E-state index contributed by atoms with van der Waals surface area (Å²) in [4.78, 5) is 15.8. The number of aryl methyl sites for hydroxylation is 2.